The number of imide groups is 1. The minimum Gasteiger partial charge on any atom is -0.325 e. The Labute approximate surface area is 184 Å². The number of hydrogen-bond acceptors (Lipinski definition) is 5. The fourth-order valence-corrected chi connectivity index (χ4v) is 4.12. The predicted octanol–water partition coefficient (Wildman–Crippen LogP) is 1.89. The van der Waals surface area contributed by atoms with E-state index in [4.69, 9.17) is 5.14 Å². The van der Waals surface area contributed by atoms with E-state index in [1.165, 1.54) is 24.3 Å². The van der Waals surface area contributed by atoms with Crippen molar-refractivity contribution >= 4 is 44.3 Å². The first-order valence-corrected chi connectivity index (χ1v) is 11.2. The van der Waals surface area contributed by atoms with Gasteiger partial charge in [0.25, 0.3) is 5.91 Å². The topological polar surface area (TPSA) is 139 Å². The Morgan fingerprint density at radius 1 is 1.03 bits per heavy atom. The van der Waals surface area contributed by atoms with Crippen LogP contribution in [0, 0.1) is 0 Å². The number of anilines is 1. The third-order valence-corrected chi connectivity index (χ3v) is 6.30. The van der Waals surface area contributed by atoms with Gasteiger partial charge in [0.2, 0.25) is 15.9 Å². The highest BCUT2D eigenvalue weighted by molar-refractivity contribution is 7.89. The van der Waals surface area contributed by atoms with Crippen LogP contribution >= 0.6 is 0 Å². The van der Waals surface area contributed by atoms with Crippen molar-refractivity contribution in [2.45, 2.75) is 17.4 Å². The van der Waals surface area contributed by atoms with Gasteiger partial charge in [-0.25, -0.2) is 18.4 Å². The fourth-order valence-electron chi connectivity index (χ4n) is 3.61. The first kappa shape index (κ1) is 21.5. The molecule has 3 aromatic rings. The molecule has 1 saturated heterocycles. The summed E-state index contributed by atoms with van der Waals surface area (Å²) < 4.78 is 22.6. The van der Waals surface area contributed by atoms with Gasteiger partial charge in [0.05, 0.1) is 4.90 Å². The van der Waals surface area contributed by atoms with Crippen molar-refractivity contribution in [3.63, 3.8) is 0 Å². The zero-order valence-corrected chi connectivity index (χ0v) is 17.8. The summed E-state index contributed by atoms with van der Waals surface area (Å²) in [4.78, 5) is 38.8. The summed E-state index contributed by atoms with van der Waals surface area (Å²) >= 11 is 0. The number of carbonyl (C=O) groups is 3. The minimum atomic E-state index is -3.85. The molecule has 0 aromatic heterocycles. The quantitative estimate of drug-likeness (QED) is 0.508. The van der Waals surface area contributed by atoms with Crippen LogP contribution < -0.4 is 15.8 Å². The molecule has 0 aliphatic carbocycles. The molecule has 0 saturated carbocycles. The fraction of sp³-hybridized carbons (Fsp3) is 0.136. The maximum Gasteiger partial charge on any atom is 0.325 e. The standard InChI is InChI=1S/C22H20N4O5S/c1-22(16-7-6-14-4-2-3-5-15(14)12-16)20(28)26(21(29)25-22)13-19(27)24-17-8-10-18(11-9-17)32(23,30)31/h2-12H,13H2,1H3,(H,24,27)(H,25,29)(H2,23,30,31). The Bertz CT molecular complexity index is 1350. The van der Waals surface area contributed by atoms with Gasteiger partial charge in [0.1, 0.15) is 12.1 Å². The maximum atomic E-state index is 13.1. The number of hydrogen-bond donors (Lipinski definition) is 3. The van der Waals surface area contributed by atoms with Gasteiger partial charge >= 0.3 is 6.03 Å². The summed E-state index contributed by atoms with van der Waals surface area (Å²) in [6, 6.07) is 17.7. The van der Waals surface area contributed by atoms with Crippen molar-refractivity contribution in [1.29, 1.82) is 0 Å². The van der Waals surface area contributed by atoms with Gasteiger partial charge in [0.15, 0.2) is 0 Å². The van der Waals surface area contributed by atoms with Crippen LogP contribution in [0.4, 0.5) is 10.5 Å². The molecule has 0 bridgehead atoms. The first-order valence-electron chi connectivity index (χ1n) is 9.64. The summed E-state index contributed by atoms with van der Waals surface area (Å²) in [6.07, 6.45) is 0. The summed E-state index contributed by atoms with van der Waals surface area (Å²) in [7, 11) is -3.85. The van der Waals surface area contributed by atoms with Crippen molar-refractivity contribution < 1.29 is 22.8 Å². The predicted molar refractivity (Wildman–Crippen MR) is 118 cm³/mol. The molecule has 4 rings (SSSR count). The molecule has 32 heavy (non-hydrogen) atoms. The van der Waals surface area contributed by atoms with Crippen molar-refractivity contribution in [3.8, 4) is 0 Å². The Morgan fingerprint density at radius 3 is 2.34 bits per heavy atom. The lowest BCUT2D eigenvalue weighted by molar-refractivity contribution is -0.133. The van der Waals surface area contributed by atoms with Crippen molar-refractivity contribution in [3.05, 3.63) is 72.3 Å². The number of nitrogens with one attached hydrogen (secondary N) is 2. The van der Waals surface area contributed by atoms with E-state index < -0.39 is 40.0 Å². The second-order valence-corrected chi connectivity index (χ2v) is 9.19. The molecule has 0 spiro atoms. The van der Waals surface area contributed by atoms with Gasteiger partial charge in [0, 0.05) is 5.69 Å². The highest BCUT2D eigenvalue weighted by atomic mass is 32.2. The monoisotopic (exact) mass is 452 g/mol. The van der Waals surface area contributed by atoms with Gasteiger partial charge in [-0.05, 0) is 53.6 Å². The molecule has 3 aromatic carbocycles. The van der Waals surface area contributed by atoms with E-state index in [9.17, 15) is 22.8 Å². The molecule has 4 N–H and O–H groups in total. The van der Waals surface area contributed by atoms with Crippen LogP contribution in [0.3, 0.4) is 0 Å². The normalized spacial score (nSPS) is 18.6. The van der Waals surface area contributed by atoms with E-state index in [2.05, 4.69) is 10.6 Å². The van der Waals surface area contributed by atoms with Crippen LogP contribution in [0.1, 0.15) is 12.5 Å². The van der Waals surface area contributed by atoms with Crippen molar-refractivity contribution in [1.82, 2.24) is 10.2 Å². The average Bonchev–Trinajstić information content (AvgIpc) is 2.97. The first-order chi connectivity index (χ1) is 15.1. The summed E-state index contributed by atoms with van der Waals surface area (Å²) in [5.41, 5.74) is -0.402. The molecule has 4 amide bonds. The Hall–Kier alpha value is -3.76. The van der Waals surface area contributed by atoms with Crippen molar-refractivity contribution in [2.24, 2.45) is 5.14 Å². The number of nitrogens with two attached hydrogens (primary N) is 1. The maximum absolute atomic E-state index is 13.1. The van der Waals surface area contributed by atoms with Gasteiger partial charge in [-0.2, -0.15) is 0 Å². The number of rotatable bonds is 5. The van der Waals surface area contributed by atoms with E-state index >= 15 is 0 Å². The lowest BCUT2D eigenvalue weighted by Gasteiger charge is -2.22. The molecule has 10 heteroatoms. The van der Waals surface area contributed by atoms with Gasteiger partial charge < -0.3 is 10.6 Å². The Morgan fingerprint density at radius 2 is 1.69 bits per heavy atom. The molecular weight excluding hydrogens is 432 g/mol. The zero-order chi connectivity index (χ0) is 23.1. The molecule has 1 aliphatic heterocycles. The molecule has 1 unspecified atom stereocenters. The molecule has 1 heterocycles. The zero-order valence-electron chi connectivity index (χ0n) is 17.0. The summed E-state index contributed by atoms with van der Waals surface area (Å²) in [6.45, 7) is 1.10. The van der Waals surface area contributed by atoms with Crippen LogP contribution in [-0.2, 0) is 25.2 Å². The SMILES string of the molecule is CC1(c2ccc3ccccc3c2)NC(=O)N(CC(=O)Nc2ccc(S(N)(=O)=O)cc2)C1=O. The van der Waals surface area contributed by atoms with E-state index in [1.807, 2.05) is 36.4 Å². The van der Waals surface area contributed by atoms with Crippen LogP contribution in [-0.4, -0.2) is 37.7 Å². The smallest absolute Gasteiger partial charge is 0.325 e. The van der Waals surface area contributed by atoms with Gasteiger partial charge in [-0.15, -0.1) is 0 Å². The molecule has 9 nitrogen and oxygen atoms in total. The average molecular weight is 452 g/mol. The third-order valence-electron chi connectivity index (χ3n) is 5.37. The summed E-state index contributed by atoms with van der Waals surface area (Å²) in [5.74, 6) is -1.16. The lowest BCUT2D eigenvalue weighted by atomic mass is 9.90. The highest BCUT2D eigenvalue weighted by Gasteiger charge is 2.49. The van der Waals surface area contributed by atoms with Crippen LogP contribution in [0.5, 0.6) is 0 Å². The van der Waals surface area contributed by atoms with E-state index in [0.29, 0.717) is 11.3 Å². The second-order valence-electron chi connectivity index (χ2n) is 7.63. The molecule has 1 aliphatic rings. The van der Waals surface area contributed by atoms with Gasteiger partial charge in [-0.3, -0.25) is 14.5 Å². The molecular formula is C22H20N4O5S. The van der Waals surface area contributed by atoms with Crippen LogP contribution in [0.25, 0.3) is 10.8 Å². The number of benzene rings is 3. The lowest BCUT2D eigenvalue weighted by Crippen LogP contribution is -2.42. The second kappa shape index (κ2) is 7.74. The van der Waals surface area contributed by atoms with Crippen LogP contribution in [0.15, 0.2) is 71.6 Å². The molecule has 1 atom stereocenters. The highest BCUT2D eigenvalue weighted by Crippen LogP contribution is 2.31. The number of urea groups is 1. The van der Waals surface area contributed by atoms with Gasteiger partial charge in [-0.1, -0.05) is 36.4 Å². The van der Waals surface area contributed by atoms with E-state index in [-0.39, 0.29) is 4.90 Å². The number of carbonyl (C=O) groups excluding carboxylic acids is 3. The summed E-state index contributed by atoms with van der Waals surface area (Å²) in [5, 5.41) is 12.2. The van der Waals surface area contributed by atoms with Crippen LogP contribution in [0.2, 0.25) is 0 Å². The van der Waals surface area contributed by atoms with E-state index in [1.54, 1.807) is 13.0 Å². The molecule has 0 radical (unpaired) electrons. The number of nitrogens with zero attached hydrogens (tertiary/aromatic N) is 1. The largest absolute Gasteiger partial charge is 0.325 e. The third kappa shape index (κ3) is 3.93. The molecule has 1 fully saturated rings. The number of sulfonamides is 1. The number of primary sulfonamides is 1. The Kier molecular flexibility index (Phi) is 5.19. The molecule has 164 valence electrons. The minimum absolute atomic E-state index is 0.101. The van der Waals surface area contributed by atoms with E-state index in [0.717, 1.165) is 15.7 Å². The number of amides is 4. The number of fused-ring (bicyclic) bond motifs is 1. The van der Waals surface area contributed by atoms with Crippen molar-refractivity contribution in [2.75, 3.05) is 11.9 Å². The Balaban J connectivity index is 1.50.